The molecule has 1 saturated carbocycles. The molecule has 4 heteroatoms. The smallest absolute Gasteiger partial charge is 0.273 e. The Kier molecular flexibility index (Phi) is 4.34. The third-order valence-electron chi connectivity index (χ3n) is 4.08. The van der Waals surface area contributed by atoms with E-state index in [0.717, 1.165) is 12.1 Å². The van der Waals surface area contributed by atoms with Crippen LogP contribution >= 0.6 is 0 Å². The molecule has 1 fully saturated rings. The lowest BCUT2D eigenvalue weighted by Crippen LogP contribution is -2.30. The summed E-state index contributed by atoms with van der Waals surface area (Å²) in [4.78, 5) is 12.1. The maximum absolute atomic E-state index is 12.1. The summed E-state index contributed by atoms with van der Waals surface area (Å²) in [6, 6.07) is 11.4. The zero-order valence-electron chi connectivity index (χ0n) is 12.0. The Morgan fingerprint density at radius 1 is 1.19 bits per heavy atom. The Morgan fingerprint density at radius 2 is 1.95 bits per heavy atom. The molecule has 4 nitrogen and oxygen atoms in total. The lowest BCUT2D eigenvalue weighted by molar-refractivity contribution is 0.0934. The van der Waals surface area contributed by atoms with Crippen molar-refractivity contribution in [2.24, 2.45) is 5.92 Å². The average molecular weight is 284 g/mol. The molecule has 1 aliphatic rings. The van der Waals surface area contributed by atoms with E-state index in [1.807, 2.05) is 30.3 Å². The van der Waals surface area contributed by atoms with Crippen LogP contribution in [0.3, 0.4) is 0 Å². The van der Waals surface area contributed by atoms with Gasteiger partial charge in [-0.2, -0.15) is 0 Å². The molecule has 0 unspecified atom stereocenters. The topological polar surface area (TPSA) is 55.1 Å². The molecule has 110 valence electrons. The molecule has 1 aliphatic carbocycles. The lowest BCUT2D eigenvalue weighted by atomic mass is 9.89. The summed E-state index contributed by atoms with van der Waals surface area (Å²) in [6.45, 7) is 0.742. The quantitative estimate of drug-likeness (QED) is 0.932. The number of nitrogens with one attached hydrogen (secondary N) is 1. The van der Waals surface area contributed by atoms with Crippen molar-refractivity contribution in [2.45, 2.75) is 32.1 Å². The van der Waals surface area contributed by atoms with Crippen LogP contribution in [0.15, 0.2) is 40.9 Å². The molecule has 2 aromatic rings. The Hall–Kier alpha value is -2.10. The summed E-state index contributed by atoms with van der Waals surface area (Å²) in [5.41, 5.74) is 1.28. The minimum Gasteiger partial charge on any atom is -0.355 e. The van der Waals surface area contributed by atoms with E-state index in [9.17, 15) is 4.79 Å². The SMILES string of the molecule is O=C(NCC1CCCCC1)c1cc(-c2ccccc2)on1. The lowest BCUT2D eigenvalue weighted by Gasteiger charge is -2.21. The van der Waals surface area contributed by atoms with Crippen molar-refractivity contribution in [1.82, 2.24) is 10.5 Å². The van der Waals surface area contributed by atoms with Crippen LogP contribution in [0.4, 0.5) is 0 Å². The molecule has 1 heterocycles. The minimum atomic E-state index is -0.147. The molecule has 1 amide bonds. The molecule has 0 aliphatic heterocycles. The van der Waals surface area contributed by atoms with Gasteiger partial charge >= 0.3 is 0 Å². The van der Waals surface area contributed by atoms with Gasteiger partial charge in [0.1, 0.15) is 0 Å². The number of carbonyl (C=O) groups is 1. The zero-order chi connectivity index (χ0) is 14.5. The number of carbonyl (C=O) groups excluding carboxylic acids is 1. The second kappa shape index (κ2) is 6.57. The largest absolute Gasteiger partial charge is 0.355 e. The minimum absolute atomic E-state index is 0.147. The fraction of sp³-hybridized carbons (Fsp3) is 0.412. The van der Waals surface area contributed by atoms with Crippen LogP contribution < -0.4 is 5.32 Å². The van der Waals surface area contributed by atoms with E-state index in [4.69, 9.17) is 4.52 Å². The van der Waals surface area contributed by atoms with Crippen LogP contribution in [0.5, 0.6) is 0 Å². The maximum Gasteiger partial charge on any atom is 0.273 e. The Labute approximate surface area is 124 Å². The third kappa shape index (κ3) is 3.51. The molecule has 0 radical (unpaired) electrons. The molecule has 1 aromatic carbocycles. The van der Waals surface area contributed by atoms with Gasteiger partial charge < -0.3 is 9.84 Å². The molecular weight excluding hydrogens is 264 g/mol. The van der Waals surface area contributed by atoms with Gasteiger partial charge in [-0.3, -0.25) is 4.79 Å². The number of benzene rings is 1. The molecule has 3 rings (SSSR count). The van der Waals surface area contributed by atoms with Crippen LogP contribution in [-0.4, -0.2) is 17.6 Å². The van der Waals surface area contributed by atoms with Crippen LogP contribution in [0.2, 0.25) is 0 Å². The molecule has 0 atom stereocenters. The first-order chi connectivity index (χ1) is 10.3. The summed E-state index contributed by atoms with van der Waals surface area (Å²) < 4.78 is 5.25. The van der Waals surface area contributed by atoms with Gasteiger partial charge in [0, 0.05) is 18.2 Å². The van der Waals surface area contributed by atoms with Crippen molar-refractivity contribution in [1.29, 1.82) is 0 Å². The number of hydrogen-bond acceptors (Lipinski definition) is 3. The van der Waals surface area contributed by atoms with Crippen molar-refractivity contribution in [3.63, 3.8) is 0 Å². The van der Waals surface area contributed by atoms with Crippen molar-refractivity contribution in [2.75, 3.05) is 6.54 Å². The first-order valence-electron chi connectivity index (χ1n) is 7.63. The van der Waals surface area contributed by atoms with Crippen molar-refractivity contribution >= 4 is 5.91 Å². The van der Waals surface area contributed by atoms with Gasteiger partial charge in [0.05, 0.1) is 0 Å². The summed E-state index contributed by atoms with van der Waals surface area (Å²) in [7, 11) is 0. The molecule has 1 aromatic heterocycles. The van der Waals surface area contributed by atoms with Gasteiger partial charge in [0.15, 0.2) is 11.5 Å². The molecule has 21 heavy (non-hydrogen) atoms. The number of amides is 1. The second-order valence-corrected chi connectivity index (χ2v) is 5.66. The van der Waals surface area contributed by atoms with Crippen LogP contribution in [-0.2, 0) is 0 Å². The van der Waals surface area contributed by atoms with Gasteiger partial charge in [0.2, 0.25) is 0 Å². The van der Waals surface area contributed by atoms with E-state index < -0.39 is 0 Å². The highest BCUT2D eigenvalue weighted by atomic mass is 16.5. The van der Waals surface area contributed by atoms with Crippen LogP contribution in [0, 0.1) is 5.92 Å². The van der Waals surface area contributed by atoms with Crippen molar-refractivity contribution < 1.29 is 9.32 Å². The van der Waals surface area contributed by atoms with Gasteiger partial charge in [0.25, 0.3) is 5.91 Å². The van der Waals surface area contributed by atoms with E-state index >= 15 is 0 Å². The zero-order valence-corrected chi connectivity index (χ0v) is 12.0. The first-order valence-corrected chi connectivity index (χ1v) is 7.63. The van der Waals surface area contributed by atoms with E-state index in [-0.39, 0.29) is 5.91 Å². The highest BCUT2D eigenvalue weighted by Gasteiger charge is 2.17. The summed E-state index contributed by atoms with van der Waals surface area (Å²) in [5.74, 6) is 1.09. The van der Waals surface area contributed by atoms with Gasteiger partial charge in [-0.05, 0) is 18.8 Å². The van der Waals surface area contributed by atoms with E-state index in [1.54, 1.807) is 6.07 Å². The molecule has 0 spiro atoms. The number of aromatic nitrogens is 1. The van der Waals surface area contributed by atoms with E-state index in [0.29, 0.717) is 17.4 Å². The van der Waals surface area contributed by atoms with Crippen LogP contribution in [0.25, 0.3) is 11.3 Å². The maximum atomic E-state index is 12.1. The monoisotopic (exact) mass is 284 g/mol. The Bertz CT molecular complexity index is 586. The second-order valence-electron chi connectivity index (χ2n) is 5.66. The number of hydrogen-bond donors (Lipinski definition) is 1. The van der Waals surface area contributed by atoms with Gasteiger partial charge in [-0.1, -0.05) is 54.8 Å². The highest BCUT2D eigenvalue weighted by molar-refractivity contribution is 5.93. The van der Waals surface area contributed by atoms with E-state index in [2.05, 4.69) is 10.5 Å². The Morgan fingerprint density at radius 3 is 2.71 bits per heavy atom. The summed E-state index contributed by atoms with van der Waals surface area (Å²) >= 11 is 0. The average Bonchev–Trinajstić information content (AvgIpc) is 3.04. The normalized spacial score (nSPS) is 15.8. The molecule has 0 saturated heterocycles. The fourth-order valence-corrected chi connectivity index (χ4v) is 2.84. The fourth-order valence-electron chi connectivity index (χ4n) is 2.84. The van der Waals surface area contributed by atoms with E-state index in [1.165, 1.54) is 32.1 Å². The highest BCUT2D eigenvalue weighted by Crippen LogP contribution is 2.23. The summed E-state index contributed by atoms with van der Waals surface area (Å²) in [6.07, 6.45) is 6.32. The van der Waals surface area contributed by atoms with Crippen molar-refractivity contribution in [3.8, 4) is 11.3 Å². The first kappa shape index (κ1) is 13.9. The molecule has 0 bridgehead atoms. The number of nitrogens with zero attached hydrogens (tertiary/aromatic N) is 1. The summed E-state index contributed by atoms with van der Waals surface area (Å²) in [5, 5.41) is 6.84. The Balaban J connectivity index is 1.59. The van der Waals surface area contributed by atoms with Crippen molar-refractivity contribution in [3.05, 3.63) is 42.1 Å². The van der Waals surface area contributed by atoms with Crippen LogP contribution in [0.1, 0.15) is 42.6 Å². The third-order valence-corrected chi connectivity index (χ3v) is 4.08. The predicted octanol–water partition coefficient (Wildman–Crippen LogP) is 3.65. The predicted molar refractivity (Wildman–Crippen MR) is 80.8 cm³/mol. The molecule has 1 N–H and O–H groups in total. The van der Waals surface area contributed by atoms with Gasteiger partial charge in [-0.25, -0.2) is 0 Å². The standard InChI is InChI=1S/C17H20N2O2/c20-17(18-12-13-7-3-1-4-8-13)15-11-16(21-19-15)14-9-5-2-6-10-14/h2,5-6,9-11,13H,1,3-4,7-8,12H2,(H,18,20). The van der Waals surface area contributed by atoms with Gasteiger partial charge in [-0.15, -0.1) is 0 Å². The molecular formula is C17H20N2O2. The number of rotatable bonds is 4.